The number of benzene rings is 2. The molecule has 6 aliphatic rings. The van der Waals surface area contributed by atoms with Crippen LogP contribution in [0.2, 0.25) is 0 Å². The number of phenols is 4. The quantitative estimate of drug-likeness (QED) is 0.198. The monoisotopic (exact) mass is 574 g/mol. The van der Waals surface area contributed by atoms with Crippen LogP contribution in [0.25, 0.3) is 0 Å². The molecular weight excluding hydrogens is 552 g/mol. The summed E-state index contributed by atoms with van der Waals surface area (Å²) in [5, 5.41) is 65.2. The number of rotatable bonds is 1. The second-order valence-electron chi connectivity index (χ2n) is 12.5. The maximum Gasteiger partial charge on any atom is 0.178 e. The van der Waals surface area contributed by atoms with Gasteiger partial charge in [0, 0.05) is 11.8 Å². The lowest BCUT2D eigenvalue weighted by Crippen LogP contribution is -2.90. The average Bonchev–Trinajstić information content (AvgIpc) is 2.90. The van der Waals surface area contributed by atoms with Crippen LogP contribution in [0.15, 0.2) is 12.1 Å². The van der Waals surface area contributed by atoms with Gasteiger partial charge in [-0.05, 0) is 37.1 Å². The summed E-state index contributed by atoms with van der Waals surface area (Å²) in [5.41, 5.74) is -6.06. The summed E-state index contributed by atoms with van der Waals surface area (Å²) in [6, 6.07) is 2.14. The van der Waals surface area contributed by atoms with Crippen LogP contribution in [0.4, 0.5) is 0 Å². The summed E-state index contributed by atoms with van der Waals surface area (Å²) < 4.78 is 0. The third-order valence-corrected chi connectivity index (χ3v) is 11.3. The largest absolute Gasteiger partial charge is 0.507 e. The highest BCUT2D eigenvalue weighted by Crippen LogP contribution is 2.80. The molecule has 0 heterocycles. The molecule has 10 atom stereocenters. The maximum atomic E-state index is 14.2. The normalized spacial score (nSPS) is 40.3. The molecule has 0 aliphatic heterocycles. The van der Waals surface area contributed by atoms with E-state index in [0.717, 1.165) is 12.1 Å². The van der Waals surface area contributed by atoms with Crippen molar-refractivity contribution in [2.24, 2.45) is 46.3 Å². The van der Waals surface area contributed by atoms with Crippen LogP contribution in [0.5, 0.6) is 23.0 Å². The molecule has 0 saturated heterocycles. The third-order valence-electron chi connectivity index (χ3n) is 11.3. The van der Waals surface area contributed by atoms with Crippen molar-refractivity contribution in [3.8, 4) is 23.0 Å². The van der Waals surface area contributed by atoms with E-state index in [9.17, 15) is 59.4 Å². The Morgan fingerprint density at radius 2 is 0.905 bits per heavy atom. The van der Waals surface area contributed by atoms with E-state index in [-0.39, 0.29) is 11.1 Å². The van der Waals surface area contributed by atoms with Crippen LogP contribution in [0, 0.1) is 60.2 Å². The van der Waals surface area contributed by atoms with E-state index in [1.165, 1.54) is 13.8 Å². The second kappa shape index (κ2) is 6.96. The summed E-state index contributed by atoms with van der Waals surface area (Å²) in [7, 11) is 0. The van der Waals surface area contributed by atoms with Crippen LogP contribution >= 0.6 is 0 Å². The Morgan fingerprint density at radius 3 is 1.24 bits per heavy atom. The fourth-order valence-corrected chi connectivity index (χ4v) is 9.71. The van der Waals surface area contributed by atoms with E-state index in [2.05, 4.69) is 0 Å². The first-order valence-corrected chi connectivity index (χ1v) is 13.4. The zero-order valence-corrected chi connectivity index (χ0v) is 21.9. The minimum Gasteiger partial charge on any atom is -0.507 e. The van der Waals surface area contributed by atoms with Gasteiger partial charge in [0.15, 0.2) is 34.7 Å². The minimum absolute atomic E-state index is 0.0585. The Labute approximate surface area is 235 Å². The molecule has 12 heteroatoms. The molecule has 0 radical (unpaired) electrons. The number of hydrogen-bond donors (Lipinski definition) is 6. The molecule has 42 heavy (non-hydrogen) atoms. The molecule has 6 N–H and O–H groups in total. The van der Waals surface area contributed by atoms with Gasteiger partial charge in [-0.25, -0.2) is 0 Å². The van der Waals surface area contributed by atoms with E-state index >= 15 is 0 Å². The van der Waals surface area contributed by atoms with E-state index in [0.29, 0.717) is 0 Å². The molecule has 0 bridgehead atoms. The highest BCUT2D eigenvalue weighted by molar-refractivity contribution is 6.34. The van der Waals surface area contributed by atoms with Crippen molar-refractivity contribution >= 4 is 34.7 Å². The summed E-state index contributed by atoms with van der Waals surface area (Å²) in [6.45, 7) is 2.76. The van der Waals surface area contributed by atoms with E-state index < -0.39 is 138 Å². The van der Waals surface area contributed by atoms with Gasteiger partial charge >= 0.3 is 0 Å². The first-order chi connectivity index (χ1) is 19.7. The van der Waals surface area contributed by atoms with Gasteiger partial charge in [0.1, 0.15) is 23.0 Å². The van der Waals surface area contributed by atoms with Crippen molar-refractivity contribution in [3.05, 3.63) is 45.5 Å². The van der Waals surface area contributed by atoms with Crippen molar-refractivity contribution < 1.29 is 59.4 Å². The number of hydrogen-bond acceptors (Lipinski definition) is 12. The average molecular weight is 574 g/mol. The van der Waals surface area contributed by atoms with Crippen LogP contribution in [-0.4, -0.2) is 77.5 Å². The molecule has 8 rings (SSSR count). The fourth-order valence-electron chi connectivity index (χ4n) is 9.71. The van der Waals surface area contributed by atoms with Gasteiger partial charge in [-0.1, -0.05) is 0 Å². The molecule has 214 valence electrons. The van der Waals surface area contributed by atoms with Gasteiger partial charge in [0.25, 0.3) is 0 Å². The number of ketones is 6. The number of aliphatic hydroxyl groups is 2. The minimum atomic E-state index is -2.01. The third kappa shape index (κ3) is 2.06. The number of phenolic OH excluding ortho intramolecular Hbond substituents is 4. The van der Waals surface area contributed by atoms with Crippen LogP contribution < -0.4 is 0 Å². The summed E-state index contributed by atoms with van der Waals surface area (Å²) in [6.07, 6.45) is -3.30. The summed E-state index contributed by atoms with van der Waals surface area (Å²) in [4.78, 5) is 82.1. The molecule has 4 fully saturated rings. The number of Topliss-reactive ketones (excluding diaryl/α,β-unsaturated/α-hetero) is 6. The van der Waals surface area contributed by atoms with E-state index in [1.54, 1.807) is 0 Å². The highest BCUT2D eigenvalue weighted by atomic mass is 16.3. The summed E-state index contributed by atoms with van der Waals surface area (Å²) >= 11 is 0. The van der Waals surface area contributed by atoms with Crippen molar-refractivity contribution in [3.63, 3.8) is 0 Å². The number of carbonyl (C=O) groups excluding carboxylic acids is 6. The van der Waals surface area contributed by atoms with Crippen LogP contribution in [0.3, 0.4) is 0 Å². The standard InChI is InChI=1S/C30H22O12/c1-5-3-7(31)9-11(19(5)33)27(41)29-13(23(37)17(29)25(39)15(29)21(9)35)14-24(38)18-26(40)16-22(36)10-8(32)4-6(2)20(34)12(10)28(42)30(14,16)18/h3-4,13-18,23-24,31-34,37-38H,1-2H3. The molecule has 2 aromatic carbocycles. The van der Waals surface area contributed by atoms with Crippen molar-refractivity contribution in [2.75, 3.05) is 0 Å². The Balaban J connectivity index is 1.34. The zero-order chi connectivity index (χ0) is 30.3. The molecule has 10 unspecified atom stereocenters. The molecule has 2 aromatic rings. The number of aryl methyl sites for hydroxylation is 2. The Hall–Kier alpha value is -4.42. The number of carbonyl (C=O) groups is 6. The molecule has 12 nitrogen and oxygen atoms in total. The van der Waals surface area contributed by atoms with Gasteiger partial charge in [0.2, 0.25) is 0 Å². The van der Waals surface area contributed by atoms with Gasteiger partial charge in [0.05, 0.1) is 69.0 Å². The Morgan fingerprint density at radius 1 is 0.571 bits per heavy atom. The predicted molar refractivity (Wildman–Crippen MR) is 134 cm³/mol. The van der Waals surface area contributed by atoms with Crippen LogP contribution in [0.1, 0.15) is 52.6 Å². The van der Waals surface area contributed by atoms with Gasteiger partial charge in [-0.2, -0.15) is 0 Å². The zero-order valence-electron chi connectivity index (χ0n) is 21.9. The number of aliphatic hydroxyl groups excluding tert-OH is 2. The molecule has 4 saturated carbocycles. The lowest BCUT2D eigenvalue weighted by atomic mass is 9.21. The number of aromatic hydroxyl groups is 4. The first-order valence-electron chi connectivity index (χ1n) is 13.4. The summed E-state index contributed by atoms with van der Waals surface area (Å²) in [5.74, 6) is -17.0. The molecule has 0 amide bonds. The smallest absolute Gasteiger partial charge is 0.178 e. The molecule has 2 spiro atoms. The van der Waals surface area contributed by atoms with Crippen molar-refractivity contribution in [2.45, 2.75) is 26.1 Å². The topological polar surface area (TPSA) is 224 Å². The SMILES string of the molecule is Cc1cc(O)c2c(c1O)C(=O)C13C(C2=O)C(=O)C1C(O)C3C1C(O)C2C(=O)C3C(=O)c4c(O)cc(C)c(O)c4C(=O)C321. The first kappa shape index (κ1) is 25.3. The Kier molecular flexibility index (Phi) is 4.19. The van der Waals surface area contributed by atoms with E-state index in [4.69, 9.17) is 0 Å². The molecule has 6 aliphatic carbocycles. The maximum absolute atomic E-state index is 14.2. The lowest BCUT2D eigenvalue weighted by Gasteiger charge is -2.78. The van der Waals surface area contributed by atoms with Gasteiger partial charge < -0.3 is 30.6 Å². The van der Waals surface area contributed by atoms with Crippen molar-refractivity contribution in [1.29, 1.82) is 0 Å². The molecule has 0 aromatic heterocycles. The van der Waals surface area contributed by atoms with Crippen LogP contribution in [-0.2, 0) is 9.59 Å². The Bertz CT molecular complexity index is 1720. The van der Waals surface area contributed by atoms with Gasteiger partial charge in [-0.3, -0.25) is 28.8 Å². The lowest BCUT2D eigenvalue weighted by molar-refractivity contribution is -0.300. The second-order valence-corrected chi connectivity index (χ2v) is 12.5. The number of fused-ring (bicyclic) bond motifs is 2. The predicted octanol–water partition coefficient (Wildman–Crippen LogP) is 0.168. The fraction of sp³-hybridized carbons (Fsp3) is 0.400. The van der Waals surface area contributed by atoms with Crippen molar-refractivity contribution in [1.82, 2.24) is 0 Å². The highest BCUT2D eigenvalue weighted by Gasteiger charge is 2.92. The molecular formula is C30H22O12. The van der Waals surface area contributed by atoms with E-state index in [1.807, 2.05) is 0 Å². The van der Waals surface area contributed by atoms with Gasteiger partial charge in [-0.15, -0.1) is 0 Å².